The molecule has 0 aromatic heterocycles. The Hall–Kier alpha value is -2.86. The van der Waals surface area contributed by atoms with Gasteiger partial charge in [0.1, 0.15) is 0 Å². The van der Waals surface area contributed by atoms with E-state index in [4.69, 9.17) is 28.9 Å². The maximum atomic E-state index is 13.4. The molecule has 1 heterocycles. The number of benzene rings is 3. The van der Waals surface area contributed by atoms with Crippen molar-refractivity contribution >= 4 is 35.0 Å². The molecule has 182 valence electrons. The monoisotopic (exact) mass is 509 g/mol. The van der Waals surface area contributed by atoms with E-state index in [1.807, 2.05) is 67.6 Å². The summed E-state index contributed by atoms with van der Waals surface area (Å²) in [5.74, 6) is -0.711. The molecule has 2 amide bonds. The molecule has 0 radical (unpaired) electrons. The minimum absolute atomic E-state index is 0.159. The lowest BCUT2D eigenvalue weighted by atomic mass is 9.84. The largest absolute Gasteiger partial charge is 0.366 e. The van der Waals surface area contributed by atoms with E-state index in [9.17, 15) is 9.59 Å². The molecule has 1 aliphatic heterocycles. The van der Waals surface area contributed by atoms with Crippen LogP contribution in [0.1, 0.15) is 69.1 Å². The number of amides is 2. The molecule has 1 saturated heterocycles. The van der Waals surface area contributed by atoms with Crippen LogP contribution in [0.4, 0.5) is 0 Å². The molecule has 3 aromatic rings. The fourth-order valence-electron chi connectivity index (χ4n) is 4.76. The Balaban J connectivity index is 1.51. The molecular formula is C28H29Cl2N3O2. The van der Waals surface area contributed by atoms with E-state index in [0.29, 0.717) is 15.6 Å². The van der Waals surface area contributed by atoms with Gasteiger partial charge in [-0.25, -0.2) is 0 Å². The second-order valence-electron chi connectivity index (χ2n) is 9.04. The molecule has 0 saturated carbocycles. The smallest absolute Gasteiger partial charge is 0.252 e. The number of nitrogens with two attached hydrogens (primary N) is 1. The van der Waals surface area contributed by atoms with Gasteiger partial charge in [0.25, 0.3) is 5.91 Å². The number of halogens is 2. The van der Waals surface area contributed by atoms with E-state index < -0.39 is 5.91 Å². The molecule has 0 spiro atoms. The van der Waals surface area contributed by atoms with E-state index in [0.717, 1.165) is 49.2 Å². The maximum absolute atomic E-state index is 13.4. The zero-order chi connectivity index (χ0) is 24.9. The Morgan fingerprint density at radius 2 is 1.71 bits per heavy atom. The number of likely N-dealkylation sites (tertiary alicyclic amines) is 1. The van der Waals surface area contributed by atoms with Crippen LogP contribution in [0.15, 0.2) is 66.7 Å². The third kappa shape index (κ3) is 6.04. The van der Waals surface area contributed by atoms with Gasteiger partial charge in [0.05, 0.1) is 27.2 Å². The molecule has 4 rings (SSSR count). The Bertz CT molecular complexity index is 1210. The van der Waals surface area contributed by atoms with E-state index in [2.05, 4.69) is 10.2 Å². The van der Waals surface area contributed by atoms with Gasteiger partial charge < -0.3 is 11.1 Å². The molecule has 3 N–H and O–H groups in total. The van der Waals surface area contributed by atoms with E-state index in [-0.39, 0.29) is 23.4 Å². The Morgan fingerprint density at radius 1 is 1.00 bits per heavy atom. The summed E-state index contributed by atoms with van der Waals surface area (Å²) in [5.41, 5.74) is 9.32. The highest BCUT2D eigenvalue weighted by molar-refractivity contribution is 6.42. The summed E-state index contributed by atoms with van der Waals surface area (Å²) in [5, 5.41) is 4.17. The second-order valence-corrected chi connectivity index (χ2v) is 9.85. The molecule has 1 unspecified atom stereocenters. The minimum atomic E-state index is -0.596. The van der Waals surface area contributed by atoms with Gasteiger partial charge in [-0.3, -0.25) is 14.5 Å². The van der Waals surface area contributed by atoms with Gasteiger partial charge in [-0.15, -0.1) is 0 Å². The number of piperidine rings is 1. The zero-order valence-corrected chi connectivity index (χ0v) is 21.1. The highest BCUT2D eigenvalue weighted by Crippen LogP contribution is 2.33. The lowest BCUT2D eigenvalue weighted by Crippen LogP contribution is -2.34. The molecule has 7 heteroatoms. The standard InChI is InChI=1S/C28H29Cl2N3O2/c1-18(20-6-3-2-4-7-20)32-28(35)26-22(8-5-9-23(26)27(31)34)21-12-14-33(15-13-21)17-19-10-11-24(29)25(30)16-19/h2-11,16,18,21H,12-15,17H2,1H3,(H2,31,34)(H,32,35). The average Bonchev–Trinajstić information content (AvgIpc) is 2.86. The highest BCUT2D eigenvalue weighted by Gasteiger charge is 2.28. The normalized spacial score (nSPS) is 15.5. The summed E-state index contributed by atoms with van der Waals surface area (Å²) >= 11 is 12.2. The van der Waals surface area contributed by atoms with Crippen molar-refractivity contribution in [2.24, 2.45) is 5.73 Å². The molecule has 0 aliphatic carbocycles. The fourth-order valence-corrected chi connectivity index (χ4v) is 5.08. The Morgan fingerprint density at radius 3 is 2.37 bits per heavy atom. The first-order chi connectivity index (χ1) is 16.8. The first-order valence-corrected chi connectivity index (χ1v) is 12.5. The maximum Gasteiger partial charge on any atom is 0.252 e. The van der Waals surface area contributed by atoms with Gasteiger partial charge in [-0.05, 0) is 73.7 Å². The van der Waals surface area contributed by atoms with E-state index in [1.54, 1.807) is 6.07 Å². The molecule has 3 aromatic carbocycles. The van der Waals surface area contributed by atoms with Gasteiger partial charge in [0, 0.05) is 6.54 Å². The van der Waals surface area contributed by atoms with Crippen molar-refractivity contribution in [1.82, 2.24) is 10.2 Å². The van der Waals surface area contributed by atoms with Crippen LogP contribution in [0.5, 0.6) is 0 Å². The van der Waals surface area contributed by atoms with E-state index in [1.165, 1.54) is 0 Å². The summed E-state index contributed by atoms with van der Waals surface area (Å²) in [6.45, 7) is 4.45. The number of nitrogens with zero attached hydrogens (tertiary/aromatic N) is 1. The van der Waals surface area contributed by atoms with Crippen LogP contribution in [0, 0.1) is 0 Å². The zero-order valence-electron chi connectivity index (χ0n) is 19.6. The summed E-state index contributed by atoms with van der Waals surface area (Å²) in [6.07, 6.45) is 1.75. The van der Waals surface area contributed by atoms with Crippen molar-refractivity contribution in [3.8, 4) is 0 Å². The number of carbonyl (C=O) groups excluding carboxylic acids is 2. The lowest BCUT2D eigenvalue weighted by Gasteiger charge is -2.33. The van der Waals surface area contributed by atoms with Gasteiger partial charge >= 0.3 is 0 Å². The average molecular weight is 510 g/mol. The molecule has 1 aliphatic rings. The van der Waals surface area contributed by atoms with Crippen LogP contribution in [-0.4, -0.2) is 29.8 Å². The molecule has 35 heavy (non-hydrogen) atoms. The lowest BCUT2D eigenvalue weighted by molar-refractivity contribution is 0.0922. The predicted octanol–water partition coefficient (Wildman–Crippen LogP) is 5.96. The van der Waals surface area contributed by atoms with Gasteiger partial charge in [0.15, 0.2) is 0 Å². The number of rotatable bonds is 7. The van der Waals surface area contributed by atoms with Crippen molar-refractivity contribution in [2.45, 2.75) is 38.3 Å². The topological polar surface area (TPSA) is 75.4 Å². The quantitative estimate of drug-likeness (QED) is 0.412. The van der Waals surface area contributed by atoms with Crippen molar-refractivity contribution in [1.29, 1.82) is 0 Å². The highest BCUT2D eigenvalue weighted by atomic mass is 35.5. The predicted molar refractivity (Wildman–Crippen MR) is 141 cm³/mol. The third-order valence-electron chi connectivity index (χ3n) is 6.65. The molecule has 1 fully saturated rings. The molecule has 5 nitrogen and oxygen atoms in total. The van der Waals surface area contributed by atoms with Crippen molar-refractivity contribution in [2.75, 3.05) is 13.1 Å². The number of nitrogens with one attached hydrogen (secondary N) is 1. The second kappa shape index (κ2) is 11.3. The summed E-state index contributed by atoms with van der Waals surface area (Å²) in [7, 11) is 0. The van der Waals surface area contributed by atoms with Crippen molar-refractivity contribution < 1.29 is 9.59 Å². The van der Waals surface area contributed by atoms with Crippen LogP contribution in [0.2, 0.25) is 10.0 Å². The first kappa shape index (κ1) is 25.2. The van der Waals surface area contributed by atoms with Crippen LogP contribution < -0.4 is 11.1 Å². The van der Waals surface area contributed by atoms with Crippen molar-refractivity contribution in [3.63, 3.8) is 0 Å². The number of hydrogen-bond acceptors (Lipinski definition) is 3. The summed E-state index contributed by atoms with van der Waals surface area (Å²) in [6, 6.07) is 20.7. The number of primary amides is 1. The van der Waals surface area contributed by atoms with E-state index >= 15 is 0 Å². The number of carbonyl (C=O) groups is 2. The van der Waals surface area contributed by atoms with Crippen LogP contribution >= 0.6 is 23.2 Å². The molecular weight excluding hydrogens is 481 g/mol. The Labute approximate surface area is 216 Å². The van der Waals surface area contributed by atoms with Gasteiger partial charge in [-0.1, -0.05) is 71.7 Å². The third-order valence-corrected chi connectivity index (χ3v) is 7.39. The van der Waals surface area contributed by atoms with Crippen LogP contribution in [0.3, 0.4) is 0 Å². The minimum Gasteiger partial charge on any atom is -0.366 e. The van der Waals surface area contributed by atoms with Crippen LogP contribution in [0.25, 0.3) is 0 Å². The van der Waals surface area contributed by atoms with Crippen molar-refractivity contribution in [3.05, 3.63) is 105 Å². The number of hydrogen-bond donors (Lipinski definition) is 2. The molecule has 0 bridgehead atoms. The SMILES string of the molecule is CC(NC(=O)c1c(C(N)=O)cccc1C1CCN(Cc2ccc(Cl)c(Cl)c2)CC1)c1ccccc1. The summed E-state index contributed by atoms with van der Waals surface area (Å²) < 4.78 is 0. The fraction of sp³-hybridized carbons (Fsp3) is 0.286. The van der Waals surface area contributed by atoms with Crippen LogP contribution in [-0.2, 0) is 6.54 Å². The van der Waals surface area contributed by atoms with Gasteiger partial charge in [-0.2, -0.15) is 0 Å². The molecule has 1 atom stereocenters. The van der Waals surface area contributed by atoms with Gasteiger partial charge in [0.2, 0.25) is 5.91 Å². The Kier molecular flexibility index (Phi) is 8.11. The summed E-state index contributed by atoms with van der Waals surface area (Å²) in [4.78, 5) is 28.0. The first-order valence-electron chi connectivity index (χ1n) is 11.8.